The predicted octanol–water partition coefficient (Wildman–Crippen LogP) is 2.45. The molecule has 0 aliphatic carbocycles. The zero-order valence-corrected chi connectivity index (χ0v) is 13.4. The minimum atomic E-state index is -0.893. The molecule has 0 aliphatic heterocycles. The van der Waals surface area contributed by atoms with E-state index >= 15 is 0 Å². The first kappa shape index (κ1) is 17.3. The second-order valence-corrected chi connectivity index (χ2v) is 5.08. The third-order valence-corrected chi connectivity index (χ3v) is 3.56. The van der Waals surface area contributed by atoms with Crippen molar-refractivity contribution in [3.63, 3.8) is 0 Å². The molecule has 0 spiro atoms. The Bertz CT molecular complexity index is 627. The molecule has 2 aromatic rings. The number of methoxy groups -OCH3 is 2. The molecule has 23 heavy (non-hydrogen) atoms. The molecule has 0 saturated heterocycles. The van der Waals surface area contributed by atoms with Gasteiger partial charge in [-0.1, -0.05) is 30.3 Å². The van der Waals surface area contributed by atoms with Gasteiger partial charge in [0.1, 0.15) is 6.10 Å². The number of rotatable bonds is 8. The van der Waals surface area contributed by atoms with Crippen molar-refractivity contribution >= 4 is 0 Å². The summed E-state index contributed by atoms with van der Waals surface area (Å²) in [5, 5.41) is 18.9. The molecule has 0 radical (unpaired) electrons. The summed E-state index contributed by atoms with van der Waals surface area (Å²) < 4.78 is 16.2. The Balaban J connectivity index is 2.00. The second-order valence-electron chi connectivity index (χ2n) is 5.08. The van der Waals surface area contributed by atoms with E-state index in [1.54, 1.807) is 20.3 Å². The monoisotopic (exact) mass is 318 g/mol. The van der Waals surface area contributed by atoms with E-state index in [1.807, 2.05) is 36.4 Å². The topological polar surface area (TPSA) is 68.2 Å². The van der Waals surface area contributed by atoms with Gasteiger partial charge >= 0.3 is 0 Å². The van der Waals surface area contributed by atoms with Gasteiger partial charge in [0.25, 0.3) is 0 Å². The number of benzene rings is 2. The van der Waals surface area contributed by atoms with E-state index in [-0.39, 0.29) is 6.61 Å². The molecule has 0 aromatic heterocycles. The Morgan fingerprint density at radius 3 is 2.39 bits per heavy atom. The van der Waals surface area contributed by atoms with Gasteiger partial charge in [-0.3, -0.25) is 0 Å². The third kappa shape index (κ3) is 4.45. The van der Waals surface area contributed by atoms with Gasteiger partial charge in [0.2, 0.25) is 0 Å². The van der Waals surface area contributed by atoms with E-state index in [9.17, 15) is 5.11 Å². The van der Waals surface area contributed by atoms with Crippen LogP contribution in [-0.4, -0.2) is 31.0 Å². The Morgan fingerprint density at radius 1 is 0.957 bits per heavy atom. The quantitative estimate of drug-likeness (QED) is 0.782. The van der Waals surface area contributed by atoms with Gasteiger partial charge in [0, 0.05) is 0 Å². The normalized spacial score (nSPS) is 12.0. The molecule has 5 nitrogen and oxygen atoms in total. The maximum absolute atomic E-state index is 9.82. The number of aliphatic hydroxyl groups is 2. The summed E-state index contributed by atoms with van der Waals surface area (Å²) in [7, 11) is 3.19. The molecule has 2 rings (SSSR count). The highest BCUT2D eigenvalue weighted by Crippen LogP contribution is 2.28. The van der Waals surface area contributed by atoms with E-state index in [0.717, 1.165) is 11.1 Å². The fraction of sp³-hybridized carbons (Fsp3) is 0.333. The number of ether oxygens (including phenoxy) is 3. The van der Waals surface area contributed by atoms with E-state index in [4.69, 9.17) is 19.3 Å². The van der Waals surface area contributed by atoms with Gasteiger partial charge < -0.3 is 24.4 Å². The van der Waals surface area contributed by atoms with Crippen LogP contribution in [0.5, 0.6) is 11.5 Å². The Hall–Kier alpha value is -2.08. The van der Waals surface area contributed by atoms with Crippen LogP contribution in [0.2, 0.25) is 0 Å². The molecule has 5 heteroatoms. The zero-order valence-electron chi connectivity index (χ0n) is 13.4. The van der Waals surface area contributed by atoms with E-state index in [0.29, 0.717) is 30.3 Å². The van der Waals surface area contributed by atoms with Gasteiger partial charge in [-0.15, -0.1) is 0 Å². The maximum atomic E-state index is 9.82. The standard InChI is InChI=1S/C18H22O5/c1-21-17-8-7-13(9-18(17)22-2)11-23-12-14-5-3-4-6-15(14)16(20)10-19/h3-9,16,19-20H,10-12H2,1-2H3. The molecular weight excluding hydrogens is 296 g/mol. The second kappa shape index (κ2) is 8.53. The first-order chi connectivity index (χ1) is 11.2. The fourth-order valence-electron chi connectivity index (χ4n) is 2.34. The van der Waals surface area contributed by atoms with Gasteiger partial charge in [-0.2, -0.15) is 0 Å². The van der Waals surface area contributed by atoms with Crippen LogP contribution < -0.4 is 9.47 Å². The van der Waals surface area contributed by atoms with Crippen molar-refractivity contribution in [2.24, 2.45) is 0 Å². The average molecular weight is 318 g/mol. The van der Waals surface area contributed by atoms with Crippen LogP contribution in [0, 0.1) is 0 Å². The lowest BCUT2D eigenvalue weighted by Gasteiger charge is -2.14. The van der Waals surface area contributed by atoms with Crippen molar-refractivity contribution in [2.75, 3.05) is 20.8 Å². The summed E-state index contributed by atoms with van der Waals surface area (Å²) in [5.41, 5.74) is 2.50. The van der Waals surface area contributed by atoms with Crippen LogP contribution in [0.15, 0.2) is 42.5 Å². The van der Waals surface area contributed by atoms with Crippen LogP contribution in [0.4, 0.5) is 0 Å². The highest BCUT2D eigenvalue weighted by molar-refractivity contribution is 5.42. The number of hydrogen-bond donors (Lipinski definition) is 2. The molecule has 124 valence electrons. The predicted molar refractivity (Wildman–Crippen MR) is 86.5 cm³/mol. The molecule has 0 fully saturated rings. The summed E-state index contributed by atoms with van der Waals surface area (Å²) in [6.45, 7) is 0.443. The summed E-state index contributed by atoms with van der Waals surface area (Å²) in [4.78, 5) is 0. The van der Waals surface area contributed by atoms with Crippen LogP contribution >= 0.6 is 0 Å². The fourth-order valence-corrected chi connectivity index (χ4v) is 2.34. The minimum Gasteiger partial charge on any atom is -0.493 e. The molecule has 0 bridgehead atoms. The molecule has 0 heterocycles. The number of aliphatic hydroxyl groups excluding tert-OH is 2. The first-order valence-electron chi connectivity index (χ1n) is 7.35. The van der Waals surface area contributed by atoms with Crippen LogP contribution in [0.25, 0.3) is 0 Å². The molecule has 2 aromatic carbocycles. The van der Waals surface area contributed by atoms with Crippen molar-refractivity contribution < 1.29 is 24.4 Å². The summed E-state index contributed by atoms with van der Waals surface area (Å²) >= 11 is 0. The van der Waals surface area contributed by atoms with Crippen molar-refractivity contribution in [1.29, 1.82) is 0 Å². The minimum absolute atomic E-state index is 0.313. The molecule has 0 amide bonds. The maximum Gasteiger partial charge on any atom is 0.161 e. The molecule has 0 aliphatic rings. The highest BCUT2D eigenvalue weighted by atomic mass is 16.5. The SMILES string of the molecule is COc1ccc(COCc2ccccc2C(O)CO)cc1OC. The lowest BCUT2D eigenvalue weighted by atomic mass is 10.0. The lowest BCUT2D eigenvalue weighted by Crippen LogP contribution is -2.07. The van der Waals surface area contributed by atoms with E-state index in [1.165, 1.54) is 0 Å². The van der Waals surface area contributed by atoms with Crippen molar-refractivity contribution in [3.8, 4) is 11.5 Å². The molecular formula is C18H22O5. The third-order valence-electron chi connectivity index (χ3n) is 3.56. The van der Waals surface area contributed by atoms with Crippen molar-refractivity contribution in [1.82, 2.24) is 0 Å². The van der Waals surface area contributed by atoms with Crippen LogP contribution in [0.1, 0.15) is 22.8 Å². The van der Waals surface area contributed by atoms with Crippen LogP contribution in [0.3, 0.4) is 0 Å². The molecule has 1 atom stereocenters. The van der Waals surface area contributed by atoms with Gasteiger partial charge in [-0.25, -0.2) is 0 Å². The van der Waals surface area contributed by atoms with E-state index < -0.39 is 6.10 Å². The highest BCUT2D eigenvalue weighted by Gasteiger charge is 2.11. The average Bonchev–Trinajstić information content (AvgIpc) is 2.61. The first-order valence-corrected chi connectivity index (χ1v) is 7.35. The van der Waals surface area contributed by atoms with Gasteiger partial charge in [0.05, 0.1) is 34.0 Å². The van der Waals surface area contributed by atoms with Gasteiger partial charge in [-0.05, 0) is 28.8 Å². The zero-order chi connectivity index (χ0) is 16.7. The van der Waals surface area contributed by atoms with Crippen molar-refractivity contribution in [2.45, 2.75) is 19.3 Å². The Labute approximate surface area is 136 Å². The Morgan fingerprint density at radius 2 is 1.70 bits per heavy atom. The van der Waals surface area contributed by atoms with Crippen LogP contribution in [-0.2, 0) is 18.0 Å². The summed E-state index contributed by atoms with van der Waals surface area (Å²) in [6, 6.07) is 13.0. The van der Waals surface area contributed by atoms with Gasteiger partial charge in [0.15, 0.2) is 11.5 Å². The molecule has 1 unspecified atom stereocenters. The number of hydrogen-bond acceptors (Lipinski definition) is 5. The van der Waals surface area contributed by atoms with Crippen molar-refractivity contribution in [3.05, 3.63) is 59.2 Å². The largest absolute Gasteiger partial charge is 0.493 e. The molecule has 2 N–H and O–H groups in total. The smallest absolute Gasteiger partial charge is 0.161 e. The summed E-state index contributed by atoms with van der Waals surface area (Å²) in [6.07, 6.45) is -0.893. The Kier molecular flexibility index (Phi) is 6.40. The lowest BCUT2D eigenvalue weighted by molar-refractivity contribution is 0.0846. The summed E-state index contributed by atoms with van der Waals surface area (Å²) in [5.74, 6) is 1.33. The molecule has 0 saturated carbocycles. The van der Waals surface area contributed by atoms with E-state index in [2.05, 4.69) is 0 Å².